The van der Waals surface area contributed by atoms with Gasteiger partial charge in [-0.1, -0.05) is 40.0 Å². The second-order valence-electron chi connectivity index (χ2n) is 6.60. The predicted molar refractivity (Wildman–Crippen MR) is 76.2 cm³/mol. The fourth-order valence-electron chi connectivity index (χ4n) is 2.26. The molecular formula is C15H30N2O. The molecule has 0 bridgehead atoms. The van der Waals surface area contributed by atoms with Gasteiger partial charge in [-0.15, -0.1) is 0 Å². The molecule has 1 aliphatic rings. The fraction of sp³-hybridized carbons (Fsp3) is 0.933. The minimum atomic E-state index is 0.0770. The number of rotatable bonds is 9. The van der Waals surface area contributed by atoms with E-state index in [-0.39, 0.29) is 17.4 Å². The molecule has 0 spiro atoms. The first kappa shape index (κ1) is 15.5. The maximum Gasteiger partial charge on any atom is 0.221 e. The second kappa shape index (κ2) is 7.13. The lowest BCUT2D eigenvalue weighted by atomic mass is 9.87. The zero-order valence-electron chi connectivity index (χ0n) is 12.3. The van der Waals surface area contributed by atoms with Crippen LogP contribution in [-0.4, -0.2) is 18.5 Å². The lowest BCUT2D eigenvalue weighted by Gasteiger charge is -2.25. The van der Waals surface area contributed by atoms with Crippen molar-refractivity contribution in [2.24, 2.45) is 17.1 Å². The van der Waals surface area contributed by atoms with E-state index in [1.807, 2.05) is 0 Å². The maximum absolute atomic E-state index is 11.8. The van der Waals surface area contributed by atoms with E-state index in [0.717, 1.165) is 6.54 Å². The summed E-state index contributed by atoms with van der Waals surface area (Å²) in [6.45, 7) is 7.44. The summed E-state index contributed by atoms with van der Waals surface area (Å²) in [6.07, 6.45) is 7.86. The molecule has 106 valence electrons. The summed E-state index contributed by atoms with van der Waals surface area (Å²) in [4.78, 5) is 11.8. The molecule has 3 nitrogen and oxygen atoms in total. The van der Waals surface area contributed by atoms with Crippen LogP contribution >= 0.6 is 0 Å². The summed E-state index contributed by atoms with van der Waals surface area (Å²) in [5.41, 5.74) is 6.16. The van der Waals surface area contributed by atoms with Crippen LogP contribution in [0, 0.1) is 11.3 Å². The van der Waals surface area contributed by atoms with Gasteiger partial charge in [0.05, 0.1) is 0 Å². The third-order valence-corrected chi connectivity index (χ3v) is 3.87. The molecule has 1 unspecified atom stereocenters. The second-order valence-corrected chi connectivity index (χ2v) is 6.60. The van der Waals surface area contributed by atoms with Gasteiger partial charge in [0.25, 0.3) is 0 Å². The quantitative estimate of drug-likeness (QED) is 0.622. The van der Waals surface area contributed by atoms with Crippen molar-refractivity contribution >= 4 is 5.91 Å². The van der Waals surface area contributed by atoms with Crippen molar-refractivity contribution in [1.82, 2.24) is 5.32 Å². The average Bonchev–Trinajstić information content (AvgIpc) is 3.10. The van der Waals surface area contributed by atoms with E-state index in [1.54, 1.807) is 0 Å². The van der Waals surface area contributed by atoms with Gasteiger partial charge in [0.1, 0.15) is 0 Å². The van der Waals surface area contributed by atoms with Crippen LogP contribution in [0.1, 0.15) is 65.7 Å². The first-order valence-corrected chi connectivity index (χ1v) is 7.47. The van der Waals surface area contributed by atoms with E-state index in [4.69, 9.17) is 5.73 Å². The van der Waals surface area contributed by atoms with Crippen molar-refractivity contribution in [2.45, 2.75) is 71.8 Å². The van der Waals surface area contributed by atoms with Crippen LogP contribution in [0.2, 0.25) is 0 Å². The monoisotopic (exact) mass is 254 g/mol. The zero-order chi connectivity index (χ0) is 13.6. The van der Waals surface area contributed by atoms with Crippen LogP contribution in [0.15, 0.2) is 0 Å². The standard InChI is InChI=1S/C15H30N2O/c1-4-5-6-9-15(2,3)11-17-14(18)10-13(16)12-7-8-12/h12-13H,4-11,16H2,1-3H3,(H,17,18). The molecule has 1 aliphatic carbocycles. The fourth-order valence-corrected chi connectivity index (χ4v) is 2.26. The number of nitrogens with one attached hydrogen (secondary N) is 1. The molecule has 3 N–H and O–H groups in total. The third-order valence-electron chi connectivity index (χ3n) is 3.87. The minimum Gasteiger partial charge on any atom is -0.356 e. The van der Waals surface area contributed by atoms with Crippen molar-refractivity contribution in [3.8, 4) is 0 Å². The van der Waals surface area contributed by atoms with Crippen molar-refractivity contribution < 1.29 is 4.79 Å². The Kier molecular flexibility index (Phi) is 6.13. The normalized spacial score (nSPS) is 17.6. The van der Waals surface area contributed by atoms with Gasteiger partial charge in [-0.25, -0.2) is 0 Å². The SMILES string of the molecule is CCCCCC(C)(C)CNC(=O)CC(N)C1CC1. The largest absolute Gasteiger partial charge is 0.356 e. The van der Waals surface area contributed by atoms with Crippen molar-refractivity contribution in [2.75, 3.05) is 6.54 Å². The van der Waals surface area contributed by atoms with E-state index in [2.05, 4.69) is 26.1 Å². The highest BCUT2D eigenvalue weighted by molar-refractivity contribution is 5.76. The number of nitrogens with two attached hydrogens (primary N) is 1. The first-order chi connectivity index (χ1) is 8.44. The molecule has 1 fully saturated rings. The topological polar surface area (TPSA) is 55.1 Å². The van der Waals surface area contributed by atoms with Gasteiger partial charge < -0.3 is 11.1 Å². The van der Waals surface area contributed by atoms with Crippen LogP contribution in [0.5, 0.6) is 0 Å². The number of hydrogen-bond acceptors (Lipinski definition) is 2. The highest BCUT2D eigenvalue weighted by atomic mass is 16.1. The Morgan fingerprint density at radius 1 is 1.39 bits per heavy atom. The van der Waals surface area contributed by atoms with E-state index in [0.29, 0.717) is 12.3 Å². The van der Waals surface area contributed by atoms with Gasteiger partial charge in [0.2, 0.25) is 5.91 Å². The molecule has 0 heterocycles. The minimum absolute atomic E-state index is 0.0770. The van der Waals surface area contributed by atoms with E-state index in [1.165, 1.54) is 38.5 Å². The molecule has 1 rings (SSSR count). The molecule has 1 saturated carbocycles. The Morgan fingerprint density at radius 2 is 2.06 bits per heavy atom. The van der Waals surface area contributed by atoms with Crippen LogP contribution in [-0.2, 0) is 4.79 Å². The number of carbonyl (C=O) groups excluding carboxylic acids is 1. The number of carbonyl (C=O) groups is 1. The lowest BCUT2D eigenvalue weighted by molar-refractivity contribution is -0.122. The van der Waals surface area contributed by atoms with Crippen LogP contribution < -0.4 is 11.1 Å². The third kappa shape index (κ3) is 6.39. The molecule has 0 radical (unpaired) electrons. The van der Waals surface area contributed by atoms with E-state index < -0.39 is 0 Å². The molecule has 0 aromatic rings. The summed E-state index contributed by atoms with van der Waals surface area (Å²) in [5, 5.41) is 3.04. The van der Waals surface area contributed by atoms with Crippen molar-refractivity contribution in [1.29, 1.82) is 0 Å². The summed E-state index contributed by atoms with van der Waals surface area (Å²) in [7, 11) is 0. The summed E-state index contributed by atoms with van der Waals surface area (Å²) >= 11 is 0. The Morgan fingerprint density at radius 3 is 2.61 bits per heavy atom. The molecule has 18 heavy (non-hydrogen) atoms. The highest BCUT2D eigenvalue weighted by Gasteiger charge is 2.30. The molecular weight excluding hydrogens is 224 g/mol. The van der Waals surface area contributed by atoms with Gasteiger partial charge in [0.15, 0.2) is 0 Å². The molecule has 1 amide bonds. The van der Waals surface area contributed by atoms with Gasteiger partial charge in [0, 0.05) is 19.0 Å². The van der Waals surface area contributed by atoms with Gasteiger partial charge in [-0.3, -0.25) is 4.79 Å². The lowest BCUT2D eigenvalue weighted by Crippen LogP contribution is -2.37. The number of unbranched alkanes of at least 4 members (excludes halogenated alkanes) is 2. The van der Waals surface area contributed by atoms with Crippen molar-refractivity contribution in [3.63, 3.8) is 0 Å². The highest BCUT2D eigenvalue weighted by Crippen LogP contribution is 2.32. The molecule has 3 heteroatoms. The summed E-state index contributed by atoms with van der Waals surface area (Å²) in [6, 6.07) is 0.0770. The van der Waals surface area contributed by atoms with Gasteiger partial charge in [-0.05, 0) is 30.6 Å². The van der Waals surface area contributed by atoms with E-state index >= 15 is 0 Å². The average molecular weight is 254 g/mol. The Bertz CT molecular complexity index is 259. The molecule has 0 saturated heterocycles. The van der Waals surface area contributed by atoms with Gasteiger partial charge in [-0.2, -0.15) is 0 Å². The summed E-state index contributed by atoms with van der Waals surface area (Å²) in [5.74, 6) is 0.728. The van der Waals surface area contributed by atoms with Gasteiger partial charge >= 0.3 is 0 Å². The smallest absolute Gasteiger partial charge is 0.221 e. The van der Waals surface area contributed by atoms with Crippen LogP contribution in [0.4, 0.5) is 0 Å². The van der Waals surface area contributed by atoms with Crippen LogP contribution in [0.25, 0.3) is 0 Å². The zero-order valence-corrected chi connectivity index (χ0v) is 12.3. The first-order valence-electron chi connectivity index (χ1n) is 7.47. The summed E-state index contributed by atoms with van der Waals surface area (Å²) < 4.78 is 0. The Labute approximate surface area is 112 Å². The van der Waals surface area contributed by atoms with E-state index in [9.17, 15) is 4.79 Å². The molecule has 0 aromatic heterocycles. The Balaban J connectivity index is 2.15. The number of hydrogen-bond donors (Lipinski definition) is 2. The molecule has 0 aliphatic heterocycles. The molecule has 0 aromatic carbocycles. The molecule has 1 atom stereocenters. The number of amides is 1. The maximum atomic E-state index is 11.8. The Hall–Kier alpha value is -0.570. The predicted octanol–water partition coefficient (Wildman–Crippen LogP) is 2.84. The van der Waals surface area contributed by atoms with Crippen molar-refractivity contribution in [3.05, 3.63) is 0 Å². The van der Waals surface area contributed by atoms with Crippen LogP contribution in [0.3, 0.4) is 0 Å².